The van der Waals surface area contributed by atoms with Gasteiger partial charge in [0, 0.05) is 11.8 Å². The lowest BCUT2D eigenvalue weighted by Crippen LogP contribution is -2.07. The summed E-state index contributed by atoms with van der Waals surface area (Å²) in [6.45, 7) is 2.02. The number of anilines is 2. The minimum absolute atomic E-state index is 0.215. The van der Waals surface area contributed by atoms with Crippen LogP contribution < -0.4 is 11.1 Å². The fourth-order valence-corrected chi connectivity index (χ4v) is 1.77. The van der Waals surface area contributed by atoms with Gasteiger partial charge in [0.25, 0.3) is 0 Å². The summed E-state index contributed by atoms with van der Waals surface area (Å²) in [7, 11) is 0. The number of halogens is 1. The zero-order valence-corrected chi connectivity index (χ0v) is 11.8. The number of benzene rings is 2. The van der Waals surface area contributed by atoms with E-state index in [-0.39, 0.29) is 5.91 Å². The van der Waals surface area contributed by atoms with Gasteiger partial charge in [-0.05, 0) is 36.8 Å². The highest BCUT2D eigenvalue weighted by Gasteiger charge is 2.01. The molecule has 20 heavy (non-hydrogen) atoms. The molecule has 3 nitrogen and oxygen atoms in total. The molecule has 0 aromatic heterocycles. The van der Waals surface area contributed by atoms with E-state index in [1.165, 1.54) is 11.6 Å². The minimum atomic E-state index is -0.215. The van der Waals surface area contributed by atoms with E-state index in [0.717, 1.165) is 5.56 Å². The molecule has 0 fully saturated rings. The Kier molecular flexibility index (Phi) is 4.43. The van der Waals surface area contributed by atoms with Gasteiger partial charge < -0.3 is 11.1 Å². The van der Waals surface area contributed by atoms with Gasteiger partial charge in [0.15, 0.2) is 0 Å². The molecule has 2 aromatic rings. The van der Waals surface area contributed by atoms with Crippen LogP contribution in [0.1, 0.15) is 11.1 Å². The molecule has 1 amide bonds. The first-order chi connectivity index (χ1) is 9.54. The van der Waals surface area contributed by atoms with E-state index >= 15 is 0 Å². The summed E-state index contributed by atoms with van der Waals surface area (Å²) in [5.74, 6) is -0.215. The van der Waals surface area contributed by atoms with Crippen LogP contribution in [0.3, 0.4) is 0 Å². The molecule has 102 valence electrons. The molecule has 0 unspecified atom stereocenters. The molecule has 0 spiro atoms. The van der Waals surface area contributed by atoms with Crippen molar-refractivity contribution in [3.8, 4) is 0 Å². The van der Waals surface area contributed by atoms with Gasteiger partial charge in [-0.2, -0.15) is 0 Å². The highest BCUT2D eigenvalue weighted by atomic mass is 35.5. The van der Waals surface area contributed by atoms with Gasteiger partial charge in [0.1, 0.15) is 0 Å². The lowest BCUT2D eigenvalue weighted by atomic mass is 10.1. The van der Waals surface area contributed by atoms with E-state index in [9.17, 15) is 4.79 Å². The van der Waals surface area contributed by atoms with E-state index in [1.807, 2.05) is 31.2 Å². The van der Waals surface area contributed by atoms with Crippen LogP contribution in [0.2, 0.25) is 5.02 Å². The summed E-state index contributed by atoms with van der Waals surface area (Å²) in [6.07, 6.45) is 3.24. The molecule has 0 heterocycles. The first-order valence-corrected chi connectivity index (χ1v) is 6.53. The van der Waals surface area contributed by atoms with Crippen LogP contribution in [-0.2, 0) is 4.79 Å². The van der Waals surface area contributed by atoms with Gasteiger partial charge in [-0.15, -0.1) is 0 Å². The molecular weight excluding hydrogens is 272 g/mol. The zero-order valence-electron chi connectivity index (χ0n) is 11.1. The number of hydrogen-bond donors (Lipinski definition) is 2. The number of nitrogens with one attached hydrogen (secondary N) is 1. The fraction of sp³-hybridized carbons (Fsp3) is 0.0625. The van der Waals surface area contributed by atoms with Crippen LogP contribution in [0.5, 0.6) is 0 Å². The zero-order chi connectivity index (χ0) is 14.5. The van der Waals surface area contributed by atoms with Crippen molar-refractivity contribution in [2.24, 2.45) is 0 Å². The minimum Gasteiger partial charge on any atom is -0.397 e. The average molecular weight is 287 g/mol. The molecule has 0 aliphatic rings. The largest absolute Gasteiger partial charge is 0.397 e. The molecule has 0 aliphatic carbocycles. The highest BCUT2D eigenvalue weighted by molar-refractivity contribution is 6.33. The van der Waals surface area contributed by atoms with E-state index in [4.69, 9.17) is 17.3 Å². The molecule has 3 N–H and O–H groups in total. The number of rotatable bonds is 3. The number of aryl methyl sites for hydroxylation is 1. The van der Waals surface area contributed by atoms with Gasteiger partial charge in [-0.1, -0.05) is 41.4 Å². The summed E-state index contributed by atoms with van der Waals surface area (Å²) in [5.41, 5.74) is 8.88. The molecule has 2 rings (SSSR count). The Morgan fingerprint density at radius 3 is 2.55 bits per heavy atom. The Morgan fingerprint density at radius 2 is 1.90 bits per heavy atom. The third-order valence-corrected chi connectivity index (χ3v) is 3.11. The number of carbonyl (C=O) groups excluding carboxylic acids is 1. The van der Waals surface area contributed by atoms with Gasteiger partial charge in [0.2, 0.25) is 5.91 Å². The third kappa shape index (κ3) is 3.87. The van der Waals surface area contributed by atoms with Crippen molar-refractivity contribution in [3.05, 3.63) is 64.7 Å². The second-order valence-corrected chi connectivity index (χ2v) is 4.88. The third-order valence-electron chi connectivity index (χ3n) is 2.77. The summed E-state index contributed by atoms with van der Waals surface area (Å²) in [5, 5.41) is 3.20. The van der Waals surface area contributed by atoms with Crippen molar-refractivity contribution < 1.29 is 4.79 Å². The van der Waals surface area contributed by atoms with Crippen molar-refractivity contribution in [3.63, 3.8) is 0 Å². The maximum Gasteiger partial charge on any atom is 0.248 e. The molecule has 4 heteroatoms. The van der Waals surface area contributed by atoms with Crippen LogP contribution in [0, 0.1) is 6.92 Å². The Bertz CT molecular complexity index is 648. The average Bonchev–Trinajstić information content (AvgIpc) is 2.42. The lowest BCUT2D eigenvalue weighted by Gasteiger charge is -2.04. The smallest absolute Gasteiger partial charge is 0.248 e. The van der Waals surface area contributed by atoms with Crippen LogP contribution in [-0.4, -0.2) is 5.91 Å². The van der Waals surface area contributed by atoms with Crippen molar-refractivity contribution in [1.29, 1.82) is 0 Å². The summed E-state index contributed by atoms with van der Waals surface area (Å²) in [4.78, 5) is 11.8. The van der Waals surface area contributed by atoms with Crippen molar-refractivity contribution in [1.82, 2.24) is 0 Å². The van der Waals surface area contributed by atoms with Gasteiger partial charge in [-0.25, -0.2) is 0 Å². The lowest BCUT2D eigenvalue weighted by molar-refractivity contribution is -0.111. The normalized spacial score (nSPS) is 10.7. The second-order valence-electron chi connectivity index (χ2n) is 4.47. The topological polar surface area (TPSA) is 55.1 Å². The Hall–Kier alpha value is -2.26. The van der Waals surface area contributed by atoms with Gasteiger partial charge >= 0.3 is 0 Å². The molecule has 0 aliphatic heterocycles. The van der Waals surface area contributed by atoms with Crippen LogP contribution in [0.25, 0.3) is 6.08 Å². The first-order valence-electron chi connectivity index (χ1n) is 6.15. The quantitative estimate of drug-likeness (QED) is 0.664. The summed E-state index contributed by atoms with van der Waals surface area (Å²) < 4.78 is 0. The Balaban J connectivity index is 2.01. The highest BCUT2D eigenvalue weighted by Crippen LogP contribution is 2.22. The molecule has 2 aromatic carbocycles. The second kappa shape index (κ2) is 6.26. The SMILES string of the molecule is Cc1ccc(/C=C/C(=O)Nc2ccc(Cl)c(N)c2)cc1. The summed E-state index contributed by atoms with van der Waals surface area (Å²) in [6, 6.07) is 12.9. The predicted molar refractivity (Wildman–Crippen MR) is 84.7 cm³/mol. The predicted octanol–water partition coefficient (Wildman–Crippen LogP) is 3.88. The van der Waals surface area contributed by atoms with Crippen molar-refractivity contribution >= 4 is 35.0 Å². The molecule has 0 saturated carbocycles. The van der Waals surface area contributed by atoms with E-state index in [2.05, 4.69) is 5.32 Å². The number of hydrogen-bond acceptors (Lipinski definition) is 2. The summed E-state index contributed by atoms with van der Waals surface area (Å²) >= 11 is 5.82. The fourth-order valence-electron chi connectivity index (χ4n) is 1.65. The molecule has 0 radical (unpaired) electrons. The van der Waals surface area contributed by atoms with Gasteiger partial charge in [-0.3, -0.25) is 4.79 Å². The number of carbonyl (C=O) groups is 1. The maximum absolute atomic E-state index is 11.8. The van der Waals surface area contributed by atoms with Crippen LogP contribution >= 0.6 is 11.6 Å². The number of nitrogens with two attached hydrogens (primary N) is 1. The van der Waals surface area contributed by atoms with Crippen molar-refractivity contribution in [2.45, 2.75) is 6.92 Å². The van der Waals surface area contributed by atoms with Crippen LogP contribution in [0.15, 0.2) is 48.5 Å². The van der Waals surface area contributed by atoms with E-state index in [0.29, 0.717) is 16.4 Å². The van der Waals surface area contributed by atoms with Crippen LogP contribution in [0.4, 0.5) is 11.4 Å². The van der Waals surface area contributed by atoms with E-state index in [1.54, 1.807) is 24.3 Å². The van der Waals surface area contributed by atoms with Crippen molar-refractivity contribution in [2.75, 3.05) is 11.1 Å². The Labute approximate surface area is 123 Å². The number of nitrogen functional groups attached to an aromatic ring is 1. The molecule has 0 atom stereocenters. The van der Waals surface area contributed by atoms with E-state index < -0.39 is 0 Å². The van der Waals surface area contributed by atoms with Gasteiger partial charge in [0.05, 0.1) is 10.7 Å². The molecular formula is C16H15ClN2O. The Morgan fingerprint density at radius 1 is 1.20 bits per heavy atom. The monoisotopic (exact) mass is 286 g/mol. The molecule has 0 saturated heterocycles. The maximum atomic E-state index is 11.8. The number of amides is 1. The standard InChI is InChI=1S/C16H15ClN2O/c1-11-2-4-12(5-3-11)6-9-16(20)19-13-7-8-14(17)15(18)10-13/h2-10H,18H2,1H3,(H,19,20)/b9-6+. The first kappa shape index (κ1) is 14.2. The molecule has 0 bridgehead atoms.